The molecule has 2 aliphatic carbocycles. The van der Waals surface area contributed by atoms with Gasteiger partial charge in [-0.15, -0.1) is 0 Å². The molecule has 2 aliphatic rings. The Morgan fingerprint density at radius 2 is 1.40 bits per heavy atom. The fourth-order valence-electron chi connectivity index (χ4n) is 2.30. The van der Waals surface area contributed by atoms with Crippen LogP contribution in [-0.2, 0) is 19.6 Å². The molecule has 0 aliphatic heterocycles. The summed E-state index contributed by atoms with van der Waals surface area (Å²) >= 11 is 3.26. The molecule has 2 amide bonds. The van der Waals surface area contributed by atoms with E-state index in [1.165, 1.54) is 12.1 Å². The molecule has 1 aromatic carbocycles. The number of carbonyl (C=O) groups is 2. The third-order valence-electron chi connectivity index (χ3n) is 3.98. The predicted octanol–water partition coefficient (Wildman–Crippen LogP) is 0.997. The quantitative estimate of drug-likeness (QED) is 0.643. The molecule has 0 aromatic heterocycles. The molecule has 0 spiro atoms. The van der Waals surface area contributed by atoms with Crippen LogP contribution < -0.4 is 10.6 Å². The molecule has 25 heavy (non-hydrogen) atoms. The van der Waals surface area contributed by atoms with E-state index in [0.717, 1.165) is 34.5 Å². The summed E-state index contributed by atoms with van der Waals surface area (Å²) in [5, 5.41) is 5.52. The molecule has 2 N–H and O–H groups in total. The van der Waals surface area contributed by atoms with Gasteiger partial charge in [0.1, 0.15) is 0 Å². The van der Waals surface area contributed by atoms with Crippen molar-refractivity contribution in [1.29, 1.82) is 0 Å². The zero-order chi connectivity index (χ0) is 18.0. The molecule has 7 nitrogen and oxygen atoms in total. The number of nitrogens with one attached hydrogen (secondary N) is 2. The standard InChI is InChI=1S/C16H20BrN3O4S/c17-11-1-7-14(8-2-11)25(23,24)20(9-15(21)18-12-3-4-12)10-16(22)19-13-5-6-13/h1-2,7-8,12-13H,3-6,9-10H2,(H,18,21)(H,19,22). The van der Waals surface area contributed by atoms with Gasteiger partial charge in [-0.1, -0.05) is 15.9 Å². The van der Waals surface area contributed by atoms with Crippen molar-refractivity contribution in [3.63, 3.8) is 0 Å². The van der Waals surface area contributed by atoms with Gasteiger partial charge in [0.15, 0.2) is 0 Å². The SMILES string of the molecule is O=C(CN(CC(=O)NC1CC1)S(=O)(=O)c1ccc(Br)cc1)NC1CC1. The molecule has 0 bridgehead atoms. The second-order valence-corrected chi connectivity index (χ2v) is 9.26. The van der Waals surface area contributed by atoms with E-state index >= 15 is 0 Å². The first-order chi connectivity index (χ1) is 11.8. The minimum Gasteiger partial charge on any atom is -0.352 e. The number of hydrogen-bond acceptors (Lipinski definition) is 4. The molecule has 2 saturated carbocycles. The predicted molar refractivity (Wildman–Crippen MR) is 95.2 cm³/mol. The fraction of sp³-hybridized carbons (Fsp3) is 0.500. The average molecular weight is 430 g/mol. The molecule has 9 heteroatoms. The monoisotopic (exact) mass is 429 g/mol. The van der Waals surface area contributed by atoms with Crippen LogP contribution in [0.3, 0.4) is 0 Å². The van der Waals surface area contributed by atoms with Crippen LogP contribution >= 0.6 is 15.9 Å². The lowest BCUT2D eigenvalue weighted by molar-refractivity contribution is -0.123. The first kappa shape index (κ1) is 18.3. The summed E-state index contributed by atoms with van der Waals surface area (Å²) < 4.78 is 27.4. The highest BCUT2D eigenvalue weighted by Crippen LogP contribution is 2.21. The van der Waals surface area contributed by atoms with Crippen molar-refractivity contribution in [2.24, 2.45) is 0 Å². The van der Waals surface area contributed by atoms with Crippen LogP contribution in [0, 0.1) is 0 Å². The molecule has 1 aromatic rings. The van der Waals surface area contributed by atoms with E-state index in [4.69, 9.17) is 0 Å². The molecule has 0 saturated heterocycles. The molecular formula is C16H20BrN3O4S. The van der Waals surface area contributed by atoms with Crippen molar-refractivity contribution >= 4 is 37.8 Å². The summed E-state index contributed by atoms with van der Waals surface area (Å²) in [4.78, 5) is 24.2. The summed E-state index contributed by atoms with van der Waals surface area (Å²) in [7, 11) is -3.95. The van der Waals surface area contributed by atoms with Gasteiger partial charge in [0.25, 0.3) is 0 Å². The summed E-state index contributed by atoms with van der Waals surface area (Å²) in [6.45, 7) is -0.736. The summed E-state index contributed by atoms with van der Waals surface area (Å²) in [5.74, 6) is -0.773. The number of sulfonamides is 1. The van der Waals surface area contributed by atoms with E-state index < -0.39 is 10.0 Å². The average Bonchev–Trinajstić information content (AvgIpc) is 3.44. The lowest BCUT2D eigenvalue weighted by atomic mass is 10.4. The second kappa shape index (κ2) is 7.43. The molecule has 0 atom stereocenters. The summed E-state index contributed by atoms with van der Waals surface area (Å²) in [6.07, 6.45) is 3.64. The van der Waals surface area contributed by atoms with E-state index in [9.17, 15) is 18.0 Å². The Hall–Kier alpha value is -1.45. The number of hydrogen-bond donors (Lipinski definition) is 2. The minimum atomic E-state index is -3.95. The van der Waals surface area contributed by atoms with Gasteiger partial charge in [-0.25, -0.2) is 8.42 Å². The van der Waals surface area contributed by atoms with Crippen LogP contribution in [0.15, 0.2) is 33.6 Å². The van der Waals surface area contributed by atoms with Gasteiger partial charge in [0.05, 0.1) is 18.0 Å². The van der Waals surface area contributed by atoms with Gasteiger partial charge in [-0.3, -0.25) is 9.59 Å². The van der Waals surface area contributed by atoms with Crippen LogP contribution in [-0.4, -0.2) is 49.7 Å². The van der Waals surface area contributed by atoms with Gasteiger partial charge >= 0.3 is 0 Å². The number of benzene rings is 1. The zero-order valence-electron chi connectivity index (χ0n) is 13.6. The third kappa shape index (κ3) is 5.26. The lowest BCUT2D eigenvalue weighted by Crippen LogP contribution is -2.46. The fourth-order valence-corrected chi connectivity index (χ4v) is 3.92. The highest BCUT2D eigenvalue weighted by Gasteiger charge is 2.32. The number of halogens is 1. The number of nitrogens with zero attached hydrogens (tertiary/aromatic N) is 1. The first-order valence-electron chi connectivity index (χ1n) is 8.19. The van der Waals surface area contributed by atoms with E-state index in [1.807, 2.05) is 0 Å². The van der Waals surface area contributed by atoms with Gasteiger partial charge in [-0.05, 0) is 49.9 Å². The Bertz CT molecular complexity index is 730. The maximum atomic E-state index is 12.9. The van der Waals surface area contributed by atoms with Crippen LogP contribution in [0.5, 0.6) is 0 Å². The maximum Gasteiger partial charge on any atom is 0.244 e. The van der Waals surface area contributed by atoms with E-state index in [1.54, 1.807) is 12.1 Å². The molecule has 0 radical (unpaired) electrons. The summed E-state index contributed by atoms with van der Waals surface area (Å²) in [6, 6.07) is 6.38. The molecule has 3 rings (SSSR count). The van der Waals surface area contributed by atoms with Crippen molar-refractivity contribution in [2.75, 3.05) is 13.1 Å². The highest BCUT2D eigenvalue weighted by atomic mass is 79.9. The molecule has 0 unspecified atom stereocenters. The van der Waals surface area contributed by atoms with Gasteiger partial charge in [0, 0.05) is 16.6 Å². The van der Waals surface area contributed by atoms with Crippen LogP contribution in [0.4, 0.5) is 0 Å². The topological polar surface area (TPSA) is 95.6 Å². The normalized spacial score (nSPS) is 17.4. The number of rotatable bonds is 8. The number of amides is 2. The first-order valence-corrected chi connectivity index (χ1v) is 10.4. The smallest absolute Gasteiger partial charge is 0.244 e. The van der Waals surface area contributed by atoms with Crippen LogP contribution in [0.25, 0.3) is 0 Å². The van der Waals surface area contributed by atoms with Gasteiger partial charge < -0.3 is 10.6 Å². The molecule has 2 fully saturated rings. The lowest BCUT2D eigenvalue weighted by Gasteiger charge is -2.21. The Morgan fingerprint density at radius 3 is 1.80 bits per heavy atom. The molecule has 0 heterocycles. The second-order valence-electron chi connectivity index (χ2n) is 6.41. The van der Waals surface area contributed by atoms with Gasteiger partial charge in [-0.2, -0.15) is 4.31 Å². The maximum absolute atomic E-state index is 12.9. The molecular weight excluding hydrogens is 410 g/mol. The van der Waals surface area contributed by atoms with Crippen LogP contribution in [0.2, 0.25) is 0 Å². The Kier molecular flexibility index (Phi) is 5.45. The number of carbonyl (C=O) groups excluding carboxylic acids is 2. The van der Waals surface area contributed by atoms with E-state index in [-0.39, 0.29) is 41.9 Å². The van der Waals surface area contributed by atoms with Crippen molar-refractivity contribution in [1.82, 2.24) is 14.9 Å². The zero-order valence-corrected chi connectivity index (χ0v) is 16.0. The van der Waals surface area contributed by atoms with E-state index in [0.29, 0.717) is 0 Å². The van der Waals surface area contributed by atoms with Crippen molar-refractivity contribution in [2.45, 2.75) is 42.7 Å². The van der Waals surface area contributed by atoms with Crippen molar-refractivity contribution < 1.29 is 18.0 Å². The third-order valence-corrected chi connectivity index (χ3v) is 6.31. The van der Waals surface area contributed by atoms with Gasteiger partial charge in [0.2, 0.25) is 21.8 Å². The minimum absolute atomic E-state index is 0.0501. The Labute approximate surface area is 155 Å². The van der Waals surface area contributed by atoms with Crippen molar-refractivity contribution in [3.05, 3.63) is 28.7 Å². The Balaban J connectivity index is 1.75. The highest BCUT2D eigenvalue weighted by molar-refractivity contribution is 9.10. The molecule has 136 valence electrons. The van der Waals surface area contributed by atoms with Crippen molar-refractivity contribution in [3.8, 4) is 0 Å². The Morgan fingerprint density at radius 1 is 0.960 bits per heavy atom. The summed E-state index contributed by atoms with van der Waals surface area (Å²) in [5.41, 5.74) is 0. The van der Waals surface area contributed by atoms with E-state index in [2.05, 4.69) is 26.6 Å². The largest absolute Gasteiger partial charge is 0.352 e. The van der Waals surface area contributed by atoms with Crippen LogP contribution in [0.1, 0.15) is 25.7 Å².